The van der Waals surface area contributed by atoms with Gasteiger partial charge in [-0.25, -0.2) is 5.01 Å². The molecule has 1 N–H and O–H groups in total. The summed E-state index contributed by atoms with van der Waals surface area (Å²) in [5.41, 5.74) is 1.39. The molecule has 2 aromatic carbocycles. The fraction of sp³-hybridized carbons (Fsp3) is 0.125. The Labute approximate surface area is 137 Å². The van der Waals surface area contributed by atoms with E-state index in [-0.39, 0.29) is 22.7 Å². The molecular weight excluding hydrogens is 323 g/mol. The molecule has 0 spiro atoms. The summed E-state index contributed by atoms with van der Waals surface area (Å²) >= 11 is 11.8. The number of benzene rings is 2. The van der Waals surface area contributed by atoms with Crippen LogP contribution in [0.25, 0.3) is 0 Å². The van der Waals surface area contributed by atoms with Crippen molar-refractivity contribution in [2.45, 2.75) is 12.5 Å². The van der Waals surface area contributed by atoms with E-state index in [0.717, 1.165) is 5.56 Å². The number of hydrogen-bond donors (Lipinski definition) is 1. The Kier molecular flexibility index (Phi) is 4.05. The van der Waals surface area contributed by atoms with Crippen molar-refractivity contribution < 1.29 is 9.90 Å². The lowest BCUT2D eigenvalue weighted by molar-refractivity contribution is -0.146. The lowest BCUT2D eigenvalue weighted by Crippen LogP contribution is -2.42. The minimum absolute atomic E-state index is 0.0716. The lowest BCUT2D eigenvalue weighted by atomic mass is 9.96. The molecule has 1 saturated heterocycles. The zero-order chi connectivity index (χ0) is 15.7. The van der Waals surface area contributed by atoms with E-state index in [9.17, 15) is 9.90 Å². The largest absolute Gasteiger partial charge is 0.506 e. The van der Waals surface area contributed by atoms with Gasteiger partial charge in [-0.2, -0.15) is 5.10 Å². The second-order valence-electron chi connectivity index (χ2n) is 4.94. The first-order chi connectivity index (χ1) is 10.6. The number of phenolic OH excluding ortho intramolecular Hbond substituents is 1. The van der Waals surface area contributed by atoms with Gasteiger partial charge in [0.05, 0.1) is 23.7 Å². The zero-order valence-electron chi connectivity index (χ0n) is 11.4. The van der Waals surface area contributed by atoms with Crippen molar-refractivity contribution >= 4 is 35.3 Å². The predicted molar refractivity (Wildman–Crippen MR) is 86.4 cm³/mol. The van der Waals surface area contributed by atoms with Crippen LogP contribution in [0.2, 0.25) is 10.0 Å². The van der Waals surface area contributed by atoms with Crippen LogP contribution in [0, 0.1) is 0 Å². The fourth-order valence-electron chi connectivity index (χ4n) is 2.29. The average Bonchev–Trinajstić information content (AvgIpc) is 2.50. The summed E-state index contributed by atoms with van der Waals surface area (Å²) in [6.45, 7) is 0. The summed E-state index contributed by atoms with van der Waals surface area (Å²) in [7, 11) is 0. The quantitative estimate of drug-likeness (QED) is 0.681. The van der Waals surface area contributed by atoms with Gasteiger partial charge in [0.1, 0.15) is 5.75 Å². The van der Waals surface area contributed by atoms with E-state index < -0.39 is 0 Å². The molecular formula is C16H12Cl2N2O2. The first-order valence-electron chi connectivity index (χ1n) is 6.65. The van der Waals surface area contributed by atoms with Crippen LogP contribution in [0.5, 0.6) is 5.75 Å². The van der Waals surface area contributed by atoms with Crippen molar-refractivity contribution in [3.63, 3.8) is 0 Å². The number of halogens is 2. The van der Waals surface area contributed by atoms with Crippen molar-refractivity contribution in [3.05, 3.63) is 63.6 Å². The number of rotatable bonds is 3. The molecule has 0 aromatic heterocycles. The number of amides is 1. The molecule has 3 rings (SSSR count). The van der Waals surface area contributed by atoms with Gasteiger partial charge < -0.3 is 5.11 Å². The molecule has 6 heteroatoms. The standard InChI is InChI=1S/C16H12Cl2N2O2/c17-12-6-11(16(22)13(18)7-12)9-19-20-14(8-15(20)21)10-4-2-1-3-5-10/h1-7,9,14,22H,8H2/b19-9+. The molecule has 2 aromatic rings. The van der Waals surface area contributed by atoms with Gasteiger partial charge in [0, 0.05) is 10.6 Å². The van der Waals surface area contributed by atoms with Crippen LogP contribution >= 0.6 is 23.2 Å². The molecule has 22 heavy (non-hydrogen) atoms. The topological polar surface area (TPSA) is 52.9 Å². The highest BCUT2D eigenvalue weighted by atomic mass is 35.5. The molecule has 0 aliphatic carbocycles. The third-order valence-electron chi connectivity index (χ3n) is 3.48. The molecule has 1 fully saturated rings. The summed E-state index contributed by atoms with van der Waals surface area (Å²) in [6, 6.07) is 12.6. The Bertz CT molecular complexity index is 747. The highest BCUT2D eigenvalue weighted by Crippen LogP contribution is 2.35. The van der Waals surface area contributed by atoms with E-state index in [0.29, 0.717) is 17.0 Å². The van der Waals surface area contributed by atoms with E-state index >= 15 is 0 Å². The number of hydrogen-bond acceptors (Lipinski definition) is 3. The second kappa shape index (κ2) is 5.99. The molecule has 0 saturated carbocycles. The van der Waals surface area contributed by atoms with Crippen molar-refractivity contribution in [3.8, 4) is 5.75 Å². The SMILES string of the molecule is O=C1CC(c2ccccc2)N1/N=C/c1cc(Cl)cc(Cl)c1O. The van der Waals surface area contributed by atoms with Crippen molar-refractivity contribution in [2.24, 2.45) is 5.10 Å². The summed E-state index contributed by atoms with van der Waals surface area (Å²) in [5.74, 6) is -0.184. The van der Waals surface area contributed by atoms with Gasteiger partial charge in [0.15, 0.2) is 0 Å². The Morgan fingerprint density at radius 1 is 1.23 bits per heavy atom. The van der Waals surface area contributed by atoms with Gasteiger partial charge >= 0.3 is 0 Å². The maximum absolute atomic E-state index is 11.8. The van der Waals surface area contributed by atoms with Crippen LogP contribution in [0.15, 0.2) is 47.6 Å². The number of phenols is 1. The molecule has 112 valence electrons. The molecule has 1 heterocycles. The maximum Gasteiger partial charge on any atom is 0.245 e. The van der Waals surface area contributed by atoms with E-state index in [4.69, 9.17) is 23.2 Å². The van der Waals surface area contributed by atoms with E-state index in [1.165, 1.54) is 23.4 Å². The van der Waals surface area contributed by atoms with E-state index in [2.05, 4.69) is 5.10 Å². The Hall–Kier alpha value is -2.04. The molecule has 4 nitrogen and oxygen atoms in total. The highest BCUT2D eigenvalue weighted by Gasteiger charge is 2.37. The Morgan fingerprint density at radius 2 is 1.95 bits per heavy atom. The third kappa shape index (κ3) is 2.80. The second-order valence-corrected chi connectivity index (χ2v) is 5.78. The van der Waals surface area contributed by atoms with E-state index in [1.807, 2.05) is 30.3 Å². The predicted octanol–water partition coefficient (Wildman–Crippen LogP) is 4.01. The summed E-state index contributed by atoms with van der Waals surface area (Å²) < 4.78 is 0. The molecule has 1 aliphatic rings. The van der Waals surface area contributed by atoms with Crippen LogP contribution in [0.4, 0.5) is 0 Å². The lowest BCUT2D eigenvalue weighted by Gasteiger charge is -2.36. The number of aromatic hydroxyl groups is 1. The van der Waals surface area contributed by atoms with Crippen molar-refractivity contribution in [1.82, 2.24) is 5.01 Å². The number of nitrogens with zero attached hydrogens (tertiary/aromatic N) is 2. The van der Waals surface area contributed by atoms with Gasteiger partial charge in [-0.3, -0.25) is 4.79 Å². The van der Waals surface area contributed by atoms with Crippen LogP contribution in [-0.4, -0.2) is 22.2 Å². The molecule has 0 bridgehead atoms. The van der Waals surface area contributed by atoms with Crippen molar-refractivity contribution in [1.29, 1.82) is 0 Å². The smallest absolute Gasteiger partial charge is 0.245 e. The normalized spacial score (nSPS) is 17.8. The molecule has 0 radical (unpaired) electrons. The fourth-order valence-corrected chi connectivity index (χ4v) is 2.80. The highest BCUT2D eigenvalue weighted by molar-refractivity contribution is 6.36. The van der Waals surface area contributed by atoms with Crippen LogP contribution in [0.1, 0.15) is 23.6 Å². The number of carbonyl (C=O) groups excluding carboxylic acids is 1. The monoisotopic (exact) mass is 334 g/mol. The Morgan fingerprint density at radius 3 is 2.64 bits per heavy atom. The van der Waals surface area contributed by atoms with Crippen molar-refractivity contribution in [2.75, 3.05) is 0 Å². The Balaban J connectivity index is 1.84. The molecule has 1 atom stereocenters. The van der Waals surface area contributed by atoms with E-state index in [1.54, 1.807) is 0 Å². The van der Waals surface area contributed by atoms with Crippen LogP contribution in [0.3, 0.4) is 0 Å². The first-order valence-corrected chi connectivity index (χ1v) is 7.41. The average molecular weight is 335 g/mol. The van der Waals surface area contributed by atoms with Gasteiger partial charge in [-0.05, 0) is 17.7 Å². The number of carbonyl (C=O) groups is 1. The number of hydrazone groups is 1. The molecule has 1 aliphatic heterocycles. The minimum atomic E-state index is -0.112. The summed E-state index contributed by atoms with van der Waals surface area (Å²) in [5, 5.41) is 16.0. The number of β-lactam (4-membered cyclic amide) rings is 1. The van der Waals surface area contributed by atoms with Crippen LogP contribution in [-0.2, 0) is 4.79 Å². The summed E-state index contributed by atoms with van der Waals surface area (Å²) in [4.78, 5) is 11.8. The van der Waals surface area contributed by atoms with Gasteiger partial charge in [0.2, 0.25) is 5.91 Å². The van der Waals surface area contributed by atoms with Crippen LogP contribution < -0.4 is 0 Å². The minimum Gasteiger partial charge on any atom is -0.506 e. The first kappa shape index (κ1) is 14.9. The van der Waals surface area contributed by atoms with Gasteiger partial charge in [-0.1, -0.05) is 53.5 Å². The maximum atomic E-state index is 11.8. The van der Waals surface area contributed by atoms with Gasteiger partial charge in [-0.15, -0.1) is 0 Å². The van der Waals surface area contributed by atoms with Gasteiger partial charge in [0.25, 0.3) is 0 Å². The third-order valence-corrected chi connectivity index (χ3v) is 3.99. The molecule has 1 amide bonds. The molecule has 1 unspecified atom stereocenters. The zero-order valence-corrected chi connectivity index (χ0v) is 12.9. The summed E-state index contributed by atoms with van der Waals surface area (Å²) in [6.07, 6.45) is 1.81.